The molecular weight excluding hydrogens is 1270 g/mol. The van der Waals surface area contributed by atoms with Crippen molar-refractivity contribution in [1.82, 2.24) is 5.32 Å². The van der Waals surface area contributed by atoms with Crippen LogP contribution < -0.4 is 5.32 Å². The minimum absolute atomic E-state index is 0.0585. The molecular formula is C33H13F43N2O2. The average Bonchev–Trinajstić information content (AvgIpc) is 3.24. The number of nitrogens with one attached hydrogen (secondary N) is 1. The van der Waals surface area contributed by atoms with E-state index in [1.807, 2.05) is 0 Å². The summed E-state index contributed by atoms with van der Waals surface area (Å²) < 4.78 is 601. The van der Waals surface area contributed by atoms with Crippen molar-refractivity contribution >= 4 is 17.7 Å². The molecule has 0 aromatic heterocycles. The molecule has 1 aromatic carbocycles. The molecule has 80 heavy (non-hydrogen) atoms. The van der Waals surface area contributed by atoms with Gasteiger partial charge >= 0.3 is 125 Å². The lowest BCUT2D eigenvalue weighted by Crippen LogP contribution is -2.80. The molecule has 0 bridgehead atoms. The van der Waals surface area contributed by atoms with E-state index in [0.29, 0.717) is 18.2 Å². The third kappa shape index (κ3) is 9.11. The summed E-state index contributed by atoms with van der Waals surface area (Å²) in [5, 5.41) is 1.14. The zero-order valence-electron chi connectivity index (χ0n) is 36.0. The molecule has 0 heterocycles. The van der Waals surface area contributed by atoms with Crippen LogP contribution in [0.3, 0.4) is 0 Å². The highest BCUT2D eigenvalue weighted by Gasteiger charge is 3.03. The van der Waals surface area contributed by atoms with Gasteiger partial charge in [0.15, 0.2) is 0 Å². The van der Waals surface area contributed by atoms with Gasteiger partial charge in [0.2, 0.25) is 6.08 Å². The molecule has 47 heteroatoms. The van der Waals surface area contributed by atoms with Gasteiger partial charge in [-0.15, -0.1) is 0 Å². The minimum Gasteiger partial charge on any atom is -0.349 e. The van der Waals surface area contributed by atoms with Crippen LogP contribution in [0.4, 0.5) is 194 Å². The molecule has 1 aromatic rings. The third-order valence-corrected chi connectivity index (χ3v) is 10.5. The number of nitrogens with zero attached hydrogens (tertiary/aromatic N) is 1. The fourth-order valence-electron chi connectivity index (χ4n) is 5.60. The number of hydrogen-bond donors (Lipinski definition) is 1. The molecule has 0 saturated carbocycles. The Morgan fingerprint density at radius 3 is 0.800 bits per heavy atom. The van der Waals surface area contributed by atoms with Gasteiger partial charge in [0.25, 0.3) is 5.91 Å². The summed E-state index contributed by atoms with van der Waals surface area (Å²) in [6, 6.07) is -1.12. The van der Waals surface area contributed by atoms with Crippen LogP contribution in [-0.2, 0) is 4.79 Å². The second kappa shape index (κ2) is 19.3. The van der Waals surface area contributed by atoms with E-state index in [4.69, 9.17) is 0 Å². The third-order valence-electron chi connectivity index (χ3n) is 10.5. The summed E-state index contributed by atoms with van der Waals surface area (Å²) in [6.45, 7) is 0.931. The number of halogens is 43. The number of aryl methyl sites for hydroxylation is 1. The SMILES string of the molecule is Cc1cc(C(=O)NC(C)CC(F)(F)C(F)(F)C(F)(F)C(F)(F)C(F)(F)C(F)(F)C(F)(F)C(F)(F)C(F)(F)C(F)(F)C(F)(F)C(F)(F)C(F)(F)C(F)(F)C(F)(F)C(F)(F)C(F)(F)C(F)(F)C(F)(F)C(F)(F)C(F)(F)F)ccc1N=C=O. The van der Waals surface area contributed by atoms with Crippen LogP contribution in [0.15, 0.2) is 23.2 Å². The lowest BCUT2D eigenvalue weighted by atomic mass is 9.81. The summed E-state index contributed by atoms with van der Waals surface area (Å²) in [5.74, 6) is -203. The second-order valence-corrected chi connectivity index (χ2v) is 15.9. The van der Waals surface area contributed by atoms with Gasteiger partial charge in [-0.3, -0.25) is 4.79 Å². The van der Waals surface area contributed by atoms with Crippen LogP contribution in [0.5, 0.6) is 0 Å². The summed E-state index contributed by atoms with van der Waals surface area (Å²) in [7, 11) is 0. The maximum Gasteiger partial charge on any atom is 0.460 e. The predicted octanol–water partition coefficient (Wildman–Crippen LogP) is 15.7. The number of hydrogen-bond acceptors (Lipinski definition) is 3. The van der Waals surface area contributed by atoms with Crippen molar-refractivity contribution in [2.24, 2.45) is 4.99 Å². The fourth-order valence-corrected chi connectivity index (χ4v) is 5.60. The van der Waals surface area contributed by atoms with E-state index in [9.17, 15) is 198 Å². The van der Waals surface area contributed by atoms with Crippen LogP contribution in [0, 0.1) is 6.92 Å². The largest absolute Gasteiger partial charge is 0.460 e. The summed E-state index contributed by atoms with van der Waals surface area (Å²) in [5.41, 5.74) is -1.43. The number of alkyl halides is 43. The molecule has 4 nitrogen and oxygen atoms in total. The molecule has 0 saturated heterocycles. The maximum absolute atomic E-state index is 14.5. The Morgan fingerprint density at radius 1 is 0.388 bits per heavy atom. The van der Waals surface area contributed by atoms with E-state index < -0.39 is 149 Å². The topological polar surface area (TPSA) is 58.5 Å². The maximum atomic E-state index is 14.5. The molecule has 0 radical (unpaired) electrons. The number of isocyanates is 1. The summed E-state index contributed by atoms with van der Waals surface area (Å²) >= 11 is 0. The van der Waals surface area contributed by atoms with Crippen molar-refractivity contribution in [2.45, 2.75) is 151 Å². The number of benzene rings is 1. The zero-order chi connectivity index (χ0) is 65.3. The molecule has 0 aliphatic heterocycles. The number of aliphatic imine (C=N–C) groups is 1. The summed E-state index contributed by atoms with van der Waals surface area (Å²) in [4.78, 5) is 25.6. The standard InChI is InChI=1S/C33H13F43N2O2/c1-8-5-10(3-4-11(8)77-7-79)12(80)78-9(2)6-13(34,35)14(36,37)15(38,39)16(40,41)17(42,43)18(44,45)19(46,47)20(48,49)21(50,51)22(52,53)23(54,55)24(56,57)25(58,59)26(60,61)27(62,63)28(64,65)29(66,67)30(68,69)31(70,71)32(72,73)33(74,75)76/h3-5,9H,6H2,1-2H3,(H,78,80). The van der Waals surface area contributed by atoms with E-state index in [1.165, 1.54) is 0 Å². The van der Waals surface area contributed by atoms with E-state index >= 15 is 0 Å². The number of carbonyl (C=O) groups is 1. The number of amides is 1. The van der Waals surface area contributed by atoms with Crippen molar-refractivity contribution in [1.29, 1.82) is 0 Å². The first-order valence-electron chi connectivity index (χ1n) is 18.3. The van der Waals surface area contributed by atoms with Crippen LogP contribution in [0.2, 0.25) is 0 Å². The quantitative estimate of drug-likeness (QED) is 0.0637. The Balaban J connectivity index is 4.03. The Labute approximate surface area is 407 Å². The predicted molar refractivity (Wildman–Crippen MR) is 166 cm³/mol. The van der Waals surface area contributed by atoms with Crippen molar-refractivity contribution in [3.8, 4) is 0 Å². The molecule has 0 aliphatic rings. The van der Waals surface area contributed by atoms with Gasteiger partial charge in [-0.05, 0) is 37.6 Å². The first kappa shape index (κ1) is 73.1. The monoisotopic (exact) mass is 1290 g/mol. The Morgan fingerprint density at radius 2 is 0.600 bits per heavy atom. The number of carbonyl (C=O) groups excluding carboxylic acids is 2. The highest BCUT2D eigenvalue weighted by molar-refractivity contribution is 5.95. The molecule has 1 rings (SSSR count). The highest BCUT2D eigenvalue weighted by Crippen LogP contribution is 2.72. The lowest BCUT2D eigenvalue weighted by Gasteiger charge is -2.47. The van der Waals surface area contributed by atoms with Gasteiger partial charge in [-0.2, -0.15) is 194 Å². The van der Waals surface area contributed by atoms with Gasteiger partial charge in [0.1, 0.15) is 0 Å². The van der Waals surface area contributed by atoms with Crippen molar-refractivity contribution < 1.29 is 198 Å². The second-order valence-electron chi connectivity index (χ2n) is 15.9. The molecule has 1 unspecified atom stereocenters. The molecule has 1 N–H and O–H groups in total. The normalized spacial score (nSPS) is 16.6. The minimum atomic E-state index is -10.7. The van der Waals surface area contributed by atoms with Crippen LogP contribution in [-0.4, -0.2) is 143 Å². The first-order valence-corrected chi connectivity index (χ1v) is 18.3. The van der Waals surface area contributed by atoms with Gasteiger partial charge in [-0.1, -0.05) is 0 Å². The van der Waals surface area contributed by atoms with E-state index in [2.05, 4.69) is 4.99 Å². The average molecular weight is 1290 g/mol. The van der Waals surface area contributed by atoms with Crippen molar-refractivity contribution in [3.63, 3.8) is 0 Å². The van der Waals surface area contributed by atoms with Gasteiger partial charge < -0.3 is 5.32 Å². The van der Waals surface area contributed by atoms with Crippen molar-refractivity contribution in [2.75, 3.05) is 0 Å². The number of rotatable bonds is 24. The lowest BCUT2D eigenvalue weighted by molar-refractivity contribution is -0.496. The molecule has 0 fully saturated rings. The van der Waals surface area contributed by atoms with Crippen LogP contribution in [0.1, 0.15) is 29.3 Å². The highest BCUT2D eigenvalue weighted by atomic mass is 19.4. The molecule has 1 amide bonds. The summed E-state index contributed by atoms with van der Waals surface area (Å²) in [6.07, 6.45) is -11.1. The Hall–Kier alpha value is -4.94. The van der Waals surface area contributed by atoms with Gasteiger partial charge in [0.05, 0.1) is 5.69 Å². The molecule has 0 aliphatic carbocycles. The van der Waals surface area contributed by atoms with E-state index in [1.54, 1.807) is 0 Å². The van der Waals surface area contributed by atoms with Gasteiger partial charge in [0, 0.05) is 18.0 Å². The molecule has 468 valence electrons. The van der Waals surface area contributed by atoms with Crippen LogP contribution >= 0.6 is 0 Å². The smallest absolute Gasteiger partial charge is 0.349 e. The van der Waals surface area contributed by atoms with E-state index in [0.717, 1.165) is 18.3 Å². The van der Waals surface area contributed by atoms with Crippen LogP contribution in [0.25, 0.3) is 0 Å². The zero-order valence-corrected chi connectivity index (χ0v) is 36.0. The first-order chi connectivity index (χ1) is 34.2. The Bertz CT molecular complexity index is 2500. The Kier molecular flexibility index (Phi) is 17.6. The van der Waals surface area contributed by atoms with Crippen molar-refractivity contribution in [3.05, 3.63) is 29.3 Å². The molecule has 1 atom stereocenters. The van der Waals surface area contributed by atoms with Gasteiger partial charge in [-0.25, -0.2) is 4.79 Å². The fraction of sp³-hybridized carbons (Fsp3) is 0.758. The molecule has 0 spiro atoms. The van der Waals surface area contributed by atoms with E-state index in [-0.39, 0.29) is 18.2 Å².